The average Bonchev–Trinajstić information content (AvgIpc) is 3.24. The van der Waals surface area contributed by atoms with Crippen LogP contribution in [-0.2, 0) is 11.3 Å². The summed E-state index contributed by atoms with van der Waals surface area (Å²) in [6.45, 7) is 3.82. The van der Waals surface area contributed by atoms with Crippen LogP contribution in [0.1, 0.15) is 34.4 Å². The highest BCUT2D eigenvalue weighted by Crippen LogP contribution is 2.13. The number of nitrogens with zero attached hydrogens (tertiary/aromatic N) is 2. The molecule has 0 saturated carbocycles. The molecule has 132 valence electrons. The van der Waals surface area contributed by atoms with Crippen molar-refractivity contribution < 1.29 is 14.0 Å². The minimum absolute atomic E-state index is 0.120. The number of nitrogens with one attached hydrogen (secondary N) is 1. The minimum Gasteiger partial charge on any atom is -0.456 e. The van der Waals surface area contributed by atoms with Gasteiger partial charge < -0.3 is 9.73 Å². The maximum atomic E-state index is 12.1. The number of anilines is 1. The SMILES string of the molecule is CC(=O)c1ccc(Cn2cc(NC(=O)/C=C\c3ccccc3C)cn2)o1. The molecule has 0 spiro atoms. The monoisotopic (exact) mass is 349 g/mol. The second-order valence-corrected chi connectivity index (χ2v) is 5.93. The predicted octanol–water partition coefficient (Wildman–Crippen LogP) is 3.69. The first-order valence-electron chi connectivity index (χ1n) is 8.18. The van der Waals surface area contributed by atoms with Gasteiger partial charge >= 0.3 is 0 Å². The van der Waals surface area contributed by atoms with Gasteiger partial charge in [-0.15, -0.1) is 0 Å². The van der Waals surface area contributed by atoms with Crippen molar-refractivity contribution in [2.75, 3.05) is 5.32 Å². The van der Waals surface area contributed by atoms with Crippen molar-refractivity contribution in [2.45, 2.75) is 20.4 Å². The molecule has 0 aliphatic heterocycles. The van der Waals surface area contributed by atoms with Crippen LogP contribution in [0.25, 0.3) is 6.08 Å². The Morgan fingerprint density at radius 1 is 1.23 bits per heavy atom. The second-order valence-electron chi connectivity index (χ2n) is 5.93. The molecule has 2 heterocycles. The highest BCUT2D eigenvalue weighted by Gasteiger charge is 2.08. The smallest absolute Gasteiger partial charge is 0.248 e. The van der Waals surface area contributed by atoms with E-state index in [1.54, 1.807) is 35.3 Å². The summed E-state index contributed by atoms with van der Waals surface area (Å²) in [5.41, 5.74) is 2.69. The summed E-state index contributed by atoms with van der Waals surface area (Å²) >= 11 is 0. The molecular formula is C20H19N3O3. The number of hydrogen-bond acceptors (Lipinski definition) is 4. The molecule has 0 radical (unpaired) electrons. The second kappa shape index (κ2) is 7.65. The molecular weight excluding hydrogens is 330 g/mol. The van der Waals surface area contributed by atoms with Gasteiger partial charge in [-0.3, -0.25) is 14.3 Å². The molecule has 3 aromatic rings. The first-order valence-corrected chi connectivity index (χ1v) is 8.18. The van der Waals surface area contributed by atoms with E-state index in [1.165, 1.54) is 13.0 Å². The number of rotatable bonds is 6. The summed E-state index contributed by atoms with van der Waals surface area (Å²) < 4.78 is 7.06. The number of amides is 1. The van der Waals surface area contributed by atoms with Crippen LogP contribution in [0.3, 0.4) is 0 Å². The summed E-state index contributed by atoms with van der Waals surface area (Å²) in [7, 11) is 0. The molecule has 0 unspecified atom stereocenters. The standard InChI is InChI=1S/C20H19N3O3/c1-14-5-3-4-6-16(14)7-10-20(25)22-17-11-21-23(12-17)13-18-8-9-19(26-18)15(2)24/h3-12H,13H2,1-2H3,(H,22,25)/b10-7-. The summed E-state index contributed by atoms with van der Waals surface area (Å²) in [5.74, 6) is 0.590. The molecule has 0 saturated heterocycles. The normalized spacial score (nSPS) is 11.0. The quantitative estimate of drug-likeness (QED) is 0.544. The predicted molar refractivity (Wildman–Crippen MR) is 98.9 cm³/mol. The fourth-order valence-corrected chi connectivity index (χ4v) is 2.45. The highest BCUT2D eigenvalue weighted by atomic mass is 16.3. The zero-order valence-electron chi connectivity index (χ0n) is 14.6. The molecule has 1 amide bonds. The van der Waals surface area contributed by atoms with Gasteiger partial charge in [-0.25, -0.2) is 0 Å². The summed E-state index contributed by atoms with van der Waals surface area (Å²) in [4.78, 5) is 23.3. The van der Waals surface area contributed by atoms with Crippen LogP contribution >= 0.6 is 0 Å². The Morgan fingerprint density at radius 3 is 2.77 bits per heavy atom. The van der Waals surface area contributed by atoms with E-state index in [0.717, 1.165) is 11.1 Å². The third-order valence-electron chi connectivity index (χ3n) is 3.83. The van der Waals surface area contributed by atoms with Crippen molar-refractivity contribution in [1.82, 2.24) is 9.78 Å². The molecule has 6 heteroatoms. The van der Waals surface area contributed by atoms with Gasteiger partial charge in [-0.2, -0.15) is 5.10 Å². The zero-order chi connectivity index (χ0) is 18.5. The topological polar surface area (TPSA) is 77.1 Å². The number of ketones is 1. The molecule has 0 fully saturated rings. The van der Waals surface area contributed by atoms with Crippen molar-refractivity contribution >= 4 is 23.5 Å². The number of hydrogen-bond donors (Lipinski definition) is 1. The van der Waals surface area contributed by atoms with Gasteiger partial charge in [0.25, 0.3) is 0 Å². The van der Waals surface area contributed by atoms with Crippen LogP contribution in [-0.4, -0.2) is 21.5 Å². The minimum atomic E-state index is -0.232. The Kier molecular flexibility index (Phi) is 5.12. The lowest BCUT2D eigenvalue weighted by atomic mass is 10.1. The Labute approximate surface area is 151 Å². The highest BCUT2D eigenvalue weighted by molar-refractivity contribution is 6.01. The van der Waals surface area contributed by atoms with E-state index in [-0.39, 0.29) is 11.7 Å². The Bertz CT molecular complexity index is 966. The number of carbonyl (C=O) groups is 2. The summed E-state index contributed by atoms with van der Waals surface area (Å²) in [5, 5.41) is 6.95. The van der Waals surface area contributed by atoms with Crippen LogP contribution < -0.4 is 5.32 Å². The number of carbonyl (C=O) groups excluding carboxylic acids is 2. The Hall–Kier alpha value is -3.41. The fourth-order valence-electron chi connectivity index (χ4n) is 2.45. The average molecular weight is 349 g/mol. The lowest BCUT2D eigenvalue weighted by Gasteiger charge is -2.00. The maximum Gasteiger partial charge on any atom is 0.248 e. The lowest BCUT2D eigenvalue weighted by molar-refractivity contribution is -0.111. The van der Waals surface area contributed by atoms with Gasteiger partial charge in [-0.1, -0.05) is 24.3 Å². The van der Waals surface area contributed by atoms with E-state index in [0.29, 0.717) is 23.8 Å². The number of aromatic nitrogens is 2. The Morgan fingerprint density at radius 2 is 2.04 bits per heavy atom. The summed E-state index contributed by atoms with van der Waals surface area (Å²) in [6, 6.07) is 11.2. The van der Waals surface area contributed by atoms with Gasteiger partial charge in [0.1, 0.15) is 5.76 Å². The van der Waals surface area contributed by atoms with Gasteiger partial charge in [-0.05, 0) is 36.3 Å². The van der Waals surface area contributed by atoms with Gasteiger partial charge in [0.15, 0.2) is 11.5 Å². The van der Waals surface area contributed by atoms with Crippen LogP contribution in [0.4, 0.5) is 5.69 Å². The molecule has 1 N–H and O–H groups in total. The number of benzene rings is 1. The van der Waals surface area contributed by atoms with Crippen molar-refractivity contribution in [2.24, 2.45) is 0 Å². The zero-order valence-corrected chi connectivity index (χ0v) is 14.6. The molecule has 0 aliphatic carbocycles. The molecule has 2 aromatic heterocycles. The number of aryl methyl sites for hydroxylation is 1. The van der Waals surface area contributed by atoms with Crippen LogP contribution in [0.15, 0.2) is 59.3 Å². The number of furan rings is 1. The first-order chi connectivity index (χ1) is 12.5. The fraction of sp³-hybridized carbons (Fsp3) is 0.150. The van der Waals surface area contributed by atoms with Crippen LogP contribution in [0.2, 0.25) is 0 Å². The number of Topliss-reactive ketones (excluding diaryl/α,β-unsaturated/α-hetero) is 1. The Balaban J connectivity index is 1.60. The maximum absolute atomic E-state index is 12.1. The van der Waals surface area contributed by atoms with Crippen LogP contribution in [0, 0.1) is 6.92 Å². The van der Waals surface area contributed by atoms with E-state index < -0.39 is 0 Å². The molecule has 1 aromatic carbocycles. The lowest BCUT2D eigenvalue weighted by Crippen LogP contribution is -2.07. The molecule has 0 aliphatic rings. The summed E-state index contributed by atoms with van der Waals surface area (Å²) in [6.07, 6.45) is 6.54. The molecule has 26 heavy (non-hydrogen) atoms. The van der Waals surface area contributed by atoms with Gasteiger partial charge in [0.05, 0.1) is 18.4 Å². The van der Waals surface area contributed by atoms with Crippen molar-refractivity contribution in [3.05, 3.63) is 77.5 Å². The van der Waals surface area contributed by atoms with Crippen molar-refractivity contribution in [1.29, 1.82) is 0 Å². The third-order valence-corrected chi connectivity index (χ3v) is 3.83. The van der Waals surface area contributed by atoms with E-state index in [9.17, 15) is 9.59 Å². The van der Waals surface area contributed by atoms with E-state index in [1.807, 2.05) is 31.2 Å². The van der Waals surface area contributed by atoms with Gasteiger partial charge in [0.2, 0.25) is 5.91 Å². The van der Waals surface area contributed by atoms with Crippen molar-refractivity contribution in [3.8, 4) is 0 Å². The third kappa shape index (κ3) is 4.36. The molecule has 0 bridgehead atoms. The first kappa shape index (κ1) is 17.4. The largest absolute Gasteiger partial charge is 0.456 e. The van der Waals surface area contributed by atoms with Gasteiger partial charge in [0, 0.05) is 19.2 Å². The molecule has 0 atom stereocenters. The van der Waals surface area contributed by atoms with E-state index in [4.69, 9.17) is 4.42 Å². The van der Waals surface area contributed by atoms with Crippen molar-refractivity contribution in [3.63, 3.8) is 0 Å². The van der Waals surface area contributed by atoms with Crippen LogP contribution in [0.5, 0.6) is 0 Å². The van der Waals surface area contributed by atoms with E-state index >= 15 is 0 Å². The molecule has 6 nitrogen and oxygen atoms in total. The molecule has 3 rings (SSSR count). The van der Waals surface area contributed by atoms with E-state index in [2.05, 4.69) is 10.4 Å².